The van der Waals surface area contributed by atoms with Crippen molar-refractivity contribution in [2.75, 3.05) is 5.01 Å². The van der Waals surface area contributed by atoms with E-state index < -0.39 is 29.1 Å². The zero-order chi connectivity index (χ0) is 25.8. The Bertz CT molecular complexity index is 1210. The molecule has 0 aliphatic rings. The molecule has 3 rings (SSSR count). The number of anilines is 1. The van der Waals surface area contributed by atoms with Gasteiger partial charge in [-0.15, -0.1) is 0 Å². The van der Waals surface area contributed by atoms with E-state index in [0.717, 1.165) is 34.8 Å². The summed E-state index contributed by atoms with van der Waals surface area (Å²) in [6, 6.07) is 19.3. The van der Waals surface area contributed by atoms with Crippen LogP contribution < -0.4 is 10.3 Å². The van der Waals surface area contributed by atoms with Crippen molar-refractivity contribution in [3.05, 3.63) is 101 Å². The third kappa shape index (κ3) is 6.79. The number of aryl methyl sites for hydroxylation is 1. The fraction of sp³-hybridized carbons (Fsp3) is 0.222. The second-order valence-electron chi connectivity index (χ2n) is 9.05. The average Bonchev–Trinajstić information content (AvgIpc) is 2.79. The lowest BCUT2D eigenvalue weighted by atomic mass is 10.0. The second kappa shape index (κ2) is 10.1. The van der Waals surface area contributed by atoms with Crippen molar-refractivity contribution in [1.29, 1.82) is 0 Å². The Kier molecular flexibility index (Phi) is 7.43. The standard InChI is InChI=1S/C27H26F3N3O2/c1-18-10-12-19(13-11-18)23(24(34)31-26(2,3)4)32-33(22-8-6-5-7-9-22)25(35)20-14-16-21(17-15-20)27(28,29)30/h5-17H,1-4H3,(H,31,34). The van der Waals surface area contributed by atoms with E-state index in [4.69, 9.17) is 0 Å². The fourth-order valence-corrected chi connectivity index (χ4v) is 3.16. The van der Waals surface area contributed by atoms with Crippen LogP contribution in [0.1, 0.15) is 47.8 Å². The van der Waals surface area contributed by atoms with Crippen molar-refractivity contribution in [3.63, 3.8) is 0 Å². The summed E-state index contributed by atoms with van der Waals surface area (Å²) < 4.78 is 39.0. The summed E-state index contributed by atoms with van der Waals surface area (Å²) in [6.45, 7) is 7.36. The number of halogens is 3. The number of nitrogens with zero attached hydrogens (tertiary/aromatic N) is 2. The molecule has 0 spiro atoms. The topological polar surface area (TPSA) is 61.8 Å². The normalized spacial score (nSPS) is 12.3. The van der Waals surface area contributed by atoms with Crippen LogP contribution in [-0.4, -0.2) is 23.1 Å². The van der Waals surface area contributed by atoms with E-state index in [1.807, 2.05) is 39.8 Å². The molecule has 0 bridgehead atoms. The fourth-order valence-electron chi connectivity index (χ4n) is 3.16. The summed E-state index contributed by atoms with van der Waals surface area (Å²) in [5.41, 5.74) is 0.356. The molecule has 35 heavy (non-hydrogen) atoms. The van der Waals surface area contributed by atoms with Crippen molar-refractivity contribution in [1.82, 2.24) is 5.32 Å². The number of hydrazone groups is 1. The van der Waals surface area contributed by atoms with Crippen molar-refractivity contribution < 1.29 is 22.8 Å². The van der Waals surface area contributed by atoms with Crippen molar-refractivity contribution in [2.45, 2.75) is 39.4 Å². The van der Waals surface area contributed by atoms with Gasteiger partial charge in [-0.05, 0) is 64.1 Å². The van der Waals surface area contributed by atoms with Gasteiger partial charge in [-0.1, -0.05) is 48.0 Å². The van der Waals surface area contributed by atoms with Gasteiger partial charge in [0.15, 0.2) is 5.71 Å². The Morgan fingerprint density at radius 2 is 1.34 bits per heavy atom. The van der Waals surface area contributed by atoms with Gasteiger partial charge in [-0.3, -0.25) is 9.59 Å². The van der Waals surface area contributed by atoms with Gasteiger partial charge >= 0.3 is 6.18 Å². The third-order valence-electron chi connectivity index (χ3n) is 4.88. The summed E-state index contributed by atoms with van der Waals surface area (Å²) in [6.07, 6.45) is -4.53. The highest BCUT2D eigenvalue weighted by Crippen LogP contribution is 2.29. The first kappa shape index (κ1) is 25.7. The lowest BCUT2D eigenvalue weighted by Crippen LogP contribution is -2.45. The van der Waals surface area contributed by atoms with Gasteiger partial charge in [0, 0.05) is 16.7 Å². The summed E-state index contributed by atoms with van der Waals surface area (Å²) in [5.74, 6) is -1.18. The Morgan fingerprint density at radius 3 is 1.86 bits per heavy atom. The smallest absolute Gasteiger partial charge is 0.346 e. The Hall–Kier alpha value is -3.94. The molecule has 0 radical (unpaired) electrons. The number of hydrogen-bond donors (Lipinski definition) is 1. The number of para-hydroxylation sites is 1. The van der Waals surface area contributed by atoms with Gasteiger partial charge in [0.05, 0.1) is 11.3 Å². The van der Waals surface area contributed by atoms with E-state index in [0.29, 0.717) is 11.3 Å². The van der Waals surface area contributed by atoms with Crippen LogP contribution in [-0.2, 0) is 11.0 Å². The molecular weight excluding hydrogens is 455 g/mol. The molecule has 0 saturated carbocycles. The molecule has 0 aromatic heterocycles. The van der Waals surface area contributed by atoms with E-state index in [1.165, 1.54) is 0 Å². The molecule has 182 valence electrons. The minimum atomic E-state index is -4.53. The lowest BCUT2D eigenvalue weighted by molar-refractivity contribution is -0.137. The Labute approximate surface area is 202 Å². The molecule has 0 atom stereocenters. The number of amides is 2. The van der Waals surface area contributed by atoms with E-state index in [2.05, 4.69) is 10.4 Å². The van der Waals surface area contributed by atoms with Crippen LogP contribution in [0.25, 0.3) is 0 Å². The van der Waals surface area contributed by atoms with Gasteiger partial charge < -0.3 is 5.32 Å². The van der Waals surface area contributed by atoms with Crippen molar-refractivity contribution >= 4 is 23.2 Å². The van der Waals surface area contributed by atoms with Crippen LogP contribution in [0.2, 0.25) is 0 Å². The molecule has 0 saturated heterocycles. The zero-order valence-corrected chi connectivity index (χ0v) is 19.9. The number of rotatable bonds is 5. The lowest BCUT2D eigenvalue weighted by Gasteiger charge is -2.23. The molecule has 0 unspecified atom stereocenters. The molecule has 0 aliphatic heterocycles. The highest BCUT2D eigenvalue weighted by atomic mass is 19.4. The molecular formula is C27H26F3N3O2. The highest BCUT2D eigenvalue weighted by molar-refractivity contribution is 6.45. The van der Waals surface area contributed by atoms with E-state index in [1.54, 1.807) is 42.5 Å². The maximum absolute atomic E-state index is 13.4. The molecule has 3 aromatic rings. The predicted octanol–water partition coefficient (Wildman–Crippen LogP) is 5.98. The quantitative estimate of drug-likeness (QED) is 0.360. The number of benzene rings is 3. The van der Waals surface area contributed by atoms with Gasteiger partial charge in [-0.25, -0.2) is 0 Å². The summed E-state index contributed by atoms with van der Waals surface area (Å²) in [7, 11) is 0. The number of nitrogens with one attached hydrogen (secondary N) is 1. The molecule has 0 heterocycles. The first-order chi connectivity index (χ1) is 16.3. The molecule has 8 heteroatoms. The minimum absolute atomic E-state index is 0.00918. The maximum Gasteiger partial charge on any atom is 0.416 e. The van der Waals surface area contributed by atoms with Crippen LogP contribution in [0, 0.1) is 6.92 Å². The molecule has 3 aromatic carbocycles. The second-order valence-corrected chi connectivity index (χ2v) is 9.05. The van der Waals surface area contributed by atoms with E-state index >= 15 is 0 Å². The summed E-state index contributed by atoms with van der Waals surface area (Å²) in [5, 5.41) is 8.33. The van der Waals surface area contributed by atoms with Gasteiger partial charge in [0.2, 0.25) is 0 Å². The average molecular weight is 482 g/mol. The molecule has 2 amide bonds. The van der Waals surface area contributed by atoms with Crippen LogP contribution in [0.5, 0.6) is 0 Å². The van der Waals surface area contributed by atoms with E-state index in [9.17, 15) is 22.8 Å². The van der Waals surface area contributed by atoms with Crippen LogP contribution in [0.15, 0.2) is 84.0 Å². The van der Waals surface area contributed by atoms with E-state index in [-0.39, 0.29) is 11.3 Å². The maximum atomic E-state index is 13.4. The minimum Gasteiger partial charge on any atom is -0.346 e. The third-order valence-corrected chi connectivity index (χ3v) is 4.88. The molecule has 1 N–H and O–H groups in total. The number of alkyl halides is 3. The monoisotopic (exact) mass is 481 g/mol. The predicted molar refractivity (Wildman–Crippen MR) is 130 cm³/mol. The highest BCUT2D eigenvalue weighted by Gasteiger charge is 2.31. The Morgan fingerprint density at radius 1 is 0.800 bits per heavy atom. The molecule has 5 nitrogen and oxygen atoms in total. The summed E-state index contributed by atoms with van der Waals surface area (Å²) in [4.78, 5) is 26.7. The largest absolute Gasteiger partial charge is 0.416 e. The SMILES string of the molecule is Cc1ccc(C(=NN(C(=O)c2ccc(C(F)(F)F)cc2)c2ccccc2)C(=O)NC(C)(C)C)cc1. The van der Waals surface area contributed by atoms with Crippen molar-refractivity contribution in [3.8, 4) is 0 Å². The molecule has 0 fully saturated rings. The summed E-state index contributed by atoms with van der Waals surface area (Å²) >= 11 is 0. The number of carbonyl (C=O) groups excluding carboxylic acids is 2. The van der Waals surface area contributed by atoms with Gasteiger partial charge in [-0.2, -0.15) is 23.3 Å². The first-order valence-electron chi connectivity index (χ1n) is 10.9. The number of hydrogen-bond acceptors (Lipinski definition) is 3. The van der Waals surface area contributed by atoms with Crippen LogP contribution in [0.4, 0.5) is 18.9 Å². The van der Waals surface area contributed by atoms with Crippen molar-refractivity contribution in [2.24, 2.45) is 5.10 Å². The van der Waals surface area contributed by atoms with Gasteiger partial charge in [0.1, 0.15) is 0 Å². The first-order valence-corrected chi connectivity index (χ1v) is 10.9. The van der Waals surface area contributed by atoms with Crippen LogP contribution in [0.3, 0.4) is 0 Å². The van der Waals surface area contributed by atoms with Gasteiger partial charge in [0.25, 0.3) is 11.8 Å². The van der Waals surface area contributed by atoms with Crippen LogP contribution >= 0.6 is 0 Å². The molecule has 0 aliphatic carbocycles. The number of carbonyl (C=O) groups is 2. The Balaban J connectivity index is 2.13. The zero-order valence-electron chi connectivity index (χ0n) is 19.9.